The van der Waals surface area contributed by atoms with Crippen LogP contribution in [0.3, 0.4) is 0 Å². The molecule has 2 heteroatoms. The van der Waals surface area contributed by atoms with Gasteiger partial charge in [0.05, 0.1) is 0 Å². The predicted molar refractivity (Wildman–Crippen MR) is 91.8 cm³/mol. The van der Waals surface area contributed by atoms with E-state index in [2.05, 4.69) is 69.1 Å². The van der Waals surface area contributed by atoms with Crippen molar-refractivity contribution >= 4 is 0 Å². The molecule has 2 rings (SSSR count). The van der Waals surface area contributed by atoms with Gasteiger partial charge in [0.15, 0.2) is 0 Å². The standard InChI is InChI=1S/C19H32N2/c1-6-20-18(14-21-12-11-15(2)13-21)16-7-9-17(10-8-16)19(3,4)5/h7-10,15,18,20H,6,11-14H2,1-5H3. The van der Waals surface area contributed by atoms with Gasteiger partial charge in [-0.05, 0) is 42.0 Å². The van der Waals surface area contributed by atoms with Crippen molar-refractivity contribution in [3.8, 4) is 0 Å². The van der Waals surface area contributed by atoms with Gasteiger partial charge in [-0.25, -0.2) is 0 Å². The Morgan fingerprint density at radius 3 is 2.38 bits per heavy atom. The Bertz CT molecular complexity index is 430. The summed E-state index contributed by atoms with van der Waals surface area (Å²) in [5, 5.41) is 3.66. The third-order valence-corrected chi connectivity index (χ3v) is 4.58. The van der Waals surface area contributed by atoms with E-state index in [4.69, 9.17) is 0 Å². The smallest absolute Gasteiger partial charge is 0.0449 e. The molecular formula is C19H32N2. The first-order valence-electron chi connectivity index (χ1n) is 8.46. The van der Waals surface area contributed by atoms with Crippen LogP contribution in [0.15, 0.2) is 24.3 Å². The fourth-order valence-electron chi connectivity index (χ4n) is 3.20. The number of benzene rings is 1. The van der Waals surface area contributed by atoms with E-state index in [0.717, 1.165) is 19.0 Å². The summed E-state index contributed by atoms with van der Waals surface area (Å²) in [5.74, 6) is 0.857. The maximum atomic E-state index is 3.66. The lowest BCUT2D eigenvalue weighted by Gasteiger charge is -2.26. The Hall–Kier alpha value is -0.860. The van der Waals surface area contributed by atoms with Crippen LogP contribution in [0.5, 0.6) is 0 Å². The first-order valence-corrected chi connectivity index (χ1v) is 8.46. The molecule has 0 amide bonds. The maximum Gasteiger partial charge on any atom is 0.0449 e. The lowest BCUT2D eigenvalue weighted by Crippen LogP contribution is -2.34. The van der Waals surface area contributed by atoms with E-state index >= 15 is 0 Å². The summed E-state index contributed by atoms with van der Waals surface area (Å²) >= 11 is 0. The molecule has 0 saturated carbocycles. The van der Waals surface area contributed by atoms with Gasteiger partial charge in [0.25, 0.3) is 0 Å². The molecule has 1 N–H and O–H groups in total. The number of rotatable bonds is 5. The fraction of sp³-hybridized carbons (Fsp3) is 0.684. The van der Waals surface area contributed by atoms with Gasteiger partial charge in [-0.1, -0.05) is 58.9 Å². The first kappa shape index (κ1) is 16.5. The zero-order valence-corrected chi connectivity index (χ0v) is 14.4. The summed E-state index contributed by atoms with van der Waals surface area (Å²) in [6.07, 6.45) is 1.35. The van der Waals surface area contributed by atoms with Crippen molar-refractivity contribution in [3.63, 3.8) is 0 Å². The molecule has 1 aliphatic rings. The van der Waals surface area contributed by atoms with Crippen LogP contribution in [0.1, 0.15) is 58.2 Å². The first-order chi connectivity index (χ1) is 9.90. The second-order valence-electron chi connectivity index (χ2n) is 7.64. The summed E-state index contributed by atoms with van der Waals surface area (Å²) in [6, 6.07) is 9.67. The van der Waals surface area contributed by atoms with Crippen molar-refractivity contribution < 1.29 is 0 Å². The molecule has 1 aliphatic heterocycles. The highest BCUT2D eigenvalue weighted by Crippen LogP contribution is 2.25. The highest BCUT2D eigenvalue weighted by Gasteiger charge is 2.22. The van der Waals surface area contributed by atoms with E-state index in [1.54, 1.807) is 0 Å². The molecule has 1 aromatic carbocycles. The highest BCUT2D eigenvalue weighted by molar-refractivity contribution is 5.29. The molecular weight excluding hydrogens is 256 g/mol. The van der Waals surface area contributed by atoms with E-state index in [9.17, 15) is 0 Å². The third-order valence-electron chi connectivity index (χ3n) is 4.58. The van der Waals surface area contributed by atoms with E-state index in [-0.39, 0.29) is 5.41 Å². The second-order valence-corrected chi connectivity index (χ2v) is 7.64. The molecule has 1 heterocycles. The summed E-state index contributed by atoms with van der Waals surface area (Å²) in [6.45, 7) is 16.0. The molecule has 0 aliphatic carbocycles. The fourth-order valence-corrected chi connectivity index (χ4v) is 3.20. The van der Waals surface area contributed by atoms with Crippen LogP contribution >= 0.6 is 0 Å². The molecule has 118 valence electrons. The Morgan fingerprint density at radius 1 is 1.24 bits per heavy atom. The quantitative estimate of drug-likeness (QED) is 0.881. The van der Waals surface area contributed by atoms with Crippen molar-refractivity contribution in [2.45, 2.75) is 52.5 Å². The Labute approximate surface area is 130 Å². The van der Waals surface area contributed by atoms with E-state index in [1.807, 2.05) is 0 Å². The van der Waals surface area contributed by atoms with Crippen molar-refractivity contribution in [3.05, 3.63) is 35.4 Å². The maximum absolute atomic E-state index is 3.66. The van der Waals surface area contributed by atoms with E-state index in [1.165, 1.54) is 30.6 Å². The van der Waals surface area contributed by atoms with Gasteiger partial charge in [-0.2, -0.15) is 0 Å². The number of hydrogen-bond donors (Lipinski definition) is 1. The highest BCUT2D eigenvalue weighted by atomic mass is 15.2. The van der Waals surface area contributed by atoms with E-state index < -0.39 is 0 Å². The van der Waals surface area contributed by atoms with Crippen LogP contribution < -0.4 is 5.32 Å². The second kappa shape index (κ2) is 6.93. The Morgan fingerprint density at radius 2 is 1.90 bits per heavy atom. The van der Waals surface area contributed by atoms with Crippen LogP contribution in [0.2, 0.25) is 0 Å². The van der Waals surface area contributed by atoms with Gasteiger partial charge in [0.2, 0.25) is 0 Å². The molecule has 0 spiro atoms. The molecule has 1 fully saturated rings. The number of hydrogen-bond acceptors (Lipinski definition) is 2. The van der Waals surface area contributed by atoms with E-state index in [0.29, 0.717) is 6.04 Å². The zero-order valence-electron chi connectivity index (χ0n) is 14.4. The number of likely N-dealkylation sites (N-methyl/N-ethyl adjacent to an activating group) is 1. The van der Waals surface area contributed by atoms with Crippen molar-refractivity contribution in [1.82, 2.24) is 10.2 Å². The minimum atomic E-state index is 0.233. The molecule has 2 nitrogen and oxygen atoms in total. The molecule has 2 atom stereocenters. The Kier molecular flexibility index (Phi) is 5.45. The van der Waals surface area contributed by atoms with Crippen LogP contribution in [-0.2, 0) is 5.41 Å². The lowest BCUT2D eigenvalue weighted by atomic mass is 9.86. The molecule has 21 heavy (non-hydrogen) atoms. The minimum absolute atomic E-state index is 0.233. The number of nitrogens with zero attached hydrogens (tertiary/aromatic N) is 1. The average Bonchev–Trinajstić information content (AvgIpc) is 2.83. The van der Waals surface area contributed by atoms with Crippen molar-refractivity contribution in [1.29, 1.82) is 0 Å². The molecule has 0 radical (unpaired) electrons. The molecule has 2 unspecified atom stereocenters. The zero-order chi connectivity index (χ0) is 15.5. The van der Waals surface area contributed by atoms with Gasteiger partial charge in [-0.3, -0.25) is 0 Å². The third kappa shape index (κ3) is 4.55. The topological polar surface area (TPSA) is 15.3 Å². The van der Waals surface area contributed by atoms with Crippen LogP contribution in [0.4, 0.5) is 0 Å². The molecule has 0 bridgehead atoms. The van der Waals surface area contributed by atoms with Crippen molar-refractivity contribution in [2.75, 3.05) is 26.2 Å². The lowest BCUT2D eigenvalue weighted by molar-refractivity contribution is 0.286. The summed E-state index contributed by atoms with van der Waals surface area (Å²) in [5.41, 5.74) is 3.07. The SMILES string of the molecule is CCNC(CN1CCC(C)C1)c1ccc(C(C)(C)C)cc1. The van der Waals surface area contributed by atoms with Gasteiger partial charge < -0.3 is 10.2 Å². The summed E-state index contributed by atoms with van der Waals surface area (Å²) in [7, 11) is 0. The van der Waals surface area contributed by atoms with Gasteiger partial charge in [-0.15, -0.1) is 0 Å². The van der Waals surface area contributed by atoms with Gasteiger partial charge in [0.1, 0.15) is 0 Å². The van der Waals surface area contributed by atoms with Crippen molar-refractivity contribution in [2.24, 2.45) is 5.92 Å². The average molecular weight is 288 g/mol. The molecule has 1 saturated heterocycles. The number of nitrogens with one attached hydrogen (secondary N) is 1. The largest absolute Gasteiger partial charge is 0.309 e. The summed E-state index contributed by atoms with van der Waals surface area (Å²) < 4.78 is 0. The van der Waals surface area contributed by atoms with Crippen LogP contribution in [-0.4, -0.2) is 31.1 Å². The Balaban J connectivity index is 2.07. The van der Waals surface area contributed by atoms with Gasteiger partial charge >= 0.3 is 0 Å². The van der Waals surface area contributed by atoms with Crippen LogP contribution in [0.25, 0.3) is 0 Å². The predicted octanol–water partition coefficient (Wildman–Crippen LogP) is 3.98. The molecule has 0 aromatic heterocycles. The van der Waals surface area contributed by atoms with Gasteiger partial charge in [0, 0.05) is 19.1 Å². The monoisotopic (exact) mass is 288 g/mol. The number of likely N-dealkylation sites (tertiary alicyclic amines) is 1. The van der Waals surface area contributed by atoms with Crippen LogP contribution in [0, 0.1) is 5.92 Å². The minimum Gasteiger partial charge on any atom is -0.309 e. The summed E-state index contributed by atoms with van der Waals surface area (Å²) in [4.78, 5) is 2.61. The normalized spacial score (nSPS) is 21.7. The molecule has 1 aromatic rings.